The van der Waals surface area contributed by atoms with Gasteiger partial charge in [0.1, 0.15) is 5.76 Å². The molecular formula is C18H27N5O2. The molecule has 0 saturated carbocycles. The maximum Gasteiger partial charge on any atom is 0.224 e. The molecule has 7 heteroatoms. The van der Waals surface area contributed by atoms with Crippen molar-refractivity contribution in [2.75, 3.05) is 7.05 Å². The average molecular weight is 345 g/mol. The minimum absolute atomic E-state index is 0.00792. The molecule has 3 heterocycles. The van der Waals surface area contributed by atoms with Gasteiger partial charge in [-0.15, -0.1) is 0 Å². The van der Waals surface area contributed by atoms with Gasteiger partial charge in [-0.1, -0.05) is 12.1 Å². The summed E-state index contributed by atoms with van der Waals surface area (Å²) in [5, 5.41) is 12.2. The third kappa shape index (κ3) is 2.97. The van der Waals surface area contributed by atoms with Crippen LogP contribution in [-0.2, 0) is 24.8 Å². The molecule has 0 radical (unpaired) electrons. The lowest BCUT2D eigenvalue weighted by Crippen LogP contribution is -2.35. The highest BCUT2D eigenvalue weighted by Crippen LogP contribution is 2.35. The molecule has 1 N–H and O–H groups in total. The van der Waals surface area contributed by atoms with E-state index in [1.54, 1.807) is 0 Å². The minimum atomic E-state index is -0.00792. The van der Waals surface area contributed by atoms with Crippen LogP contribution < -0.4 is 5.32 Å². The number of likely N-dealkylation sites (tertiary alicyclic amines) is 1. The van der Waals surface area contributed by atoms with Gasteiger partial charge in [0.15, 0.2) is 0 Å². The SMILES string of the molecule is CCc1noc(C)c1CN[C@@H]1CC(=O)N(C)[C@H]1c1c(C)nn(C)c1C. The van der Waals surface area contributed by atoms with Crippen molar-refractivity contribution in [1.82, 2.24) is 25.2 Å². The number of carbonyl (C=O) groups excluding carboxylic acids is 1. The molecule has 1 saturated heterocycles. The van der Waals surface area contributed by atoms with Gasteiger partial charge in [-0.3, -0.25) is 9.48 Å². The van der Waals surface area contributed by atoms with Crippen LogP contribution in [0.1, 0.15) is 53.4 Å². The average Bonchev–Trinajstić information content (AvgIpc) is 3.14. The predicted molar refractivity (Wildman–Crippen MR) is 94.1 cm³/mol. The largest absolute Gasteiger partial charge is 0.361 e. The van der Waals surface area contributed by atoms with E-state index < -0.39 is 0 Å². The van der Waals surface area contributed by atoms with Crippen LogP contribution in [0.3, 0.4) is 0 Å². The second-order valence-electron chi connectivity index (χ2n) is 6.87. The fraction of sp³-hybridized carbons (Fsp3) is 0.611. The molecule has 1 aliphatic heterocycles. The molecule has 136 valence electrons. The fourth-order valence-electron chi connectivity index (χ4n) is 3.84. The molecule has 7 nitrogen and oxygen atoms in total. The van der Waals surface area contributed by atoms with Crippen LogP contribution in [-0.4, -0.2) is 38.8 Å². The third-order valence-corrected chi connectivity index (χ3v) is 5.39. The highest BCUT2D eigenvalue weighted by atomic mass is 16.5. The zero-order chi connectivity index (χ0) is 18.3. The molecule has 2 aromatic heterocycles. The molecule has 0 unspecified atom stereocenters. The first-order valence-corrected chi connectivity index (χ1v) is 8.78. The second-order valence-corrected chi connectivity index (χ2v) is 6.87. The summed E-state index contributed by atoms with van der Waals surface area (Å²) in [6.45, 7) is 8.72. The molecular weight excluding hydrogens is 318 g/mol. The van der Waals surface area contributed by atoms with E-state index in [-0.39, 0.29) is 18.0 Å². The van der Waals surface area contributed by atoms with Gasteiger partial charge in [-0.25, -0.2) is 0 Å². The summed E-state index contributed by atoms with van der Waals surface area (Å²) >= 11 is 0. The summed E-state index contributed by atoms with van der Waals surface area (Å²) in [7, 11) is 3.82. The first kappa shape index (κ1) is 17.7. The molecule has 1 amide bonds. The molecule has 0 spiro atoms. The maximum atomic E-state index is 12.4. The topological polar surface area (TPSA) is 76.2 Å². The summed E-state index contributed by atoms with van der Waals surface area (Å²) in [6, 6.07) is 0.0320. The van der Waals surface area contributed by atoms with Crippen molar-refractivity contribution in [2.45, 2.75) is 59.2 Å². The monoisotopic (exact) mass is 345 g/mol. The van der Waals surface area contributed by atoms with Crippen LogP contribution in [0.15, 0.2) is 4.52 Å². The Morgan fingerprint density at radius 1 is 1.28 bits per heavy atom. The lowest BCUT2D eigenvalue weighted by molar-refractivity contribution is -0.127. The van der Waals surface area contributed by atoms with Gasteiger partial charge < -0.3 is 14.7 Å². The lowest BCUT2D eigenvalue weighted by Gasteiger charge is -2.26. The zero-order valence-electron chi connectivity index (χ0n) is 15.9. The Morgan fingerprint density at radius 2 is 2.00 bits per heavy atom. The van der Waals surface area contributed by atoms with Crippen LogP contribution in [0.25, 0.3) is 0 Å². The second kappa shape index (κ2) is 6.63. The van der Waals surface area contributed by atoms with Crippen LogP contribution in [0.4, 0.5) is 0 Å². The quantitative estimate of drug-likeness (QED) is 0.896. The van der Waals surface area contributed by atoms with Crippen LogP contribution in [0.2, 0.25) is 0 Å². The molecule has 2 aromatic rings. The number of carbonyl (C=O) groups is 1. The molecule has 2 atom stereocenters. The Morgan fingerprint density at radius 3 is 2.60 bits per heavy atom. The van der Waals surface area contributed by atoms with E-state index >= 15 is 0 Å². The number of likely N-dealkylation sites (N-methyl/N-ethyl adjacent to an activating group) is 1. The van der Waals surface area contributed by atoms with E-state index in [4.69, 9.17) is 4.52 Å². The summed E-state index contributed by atoms with van der Waals surface area (Å²) in [4.78, 5) is 14.2. The Bertz CT molecular complexity index is 792. The van der Waals surface area contributed by atoms with Gasteiger partial charge in [0.25, 0.3) is 0 Å². The standard InChI is InChI=1S/C18H27N5O2/c1-7-14-13(12(4)25-21-14)9-19-15-8-16(24)22(5)18(15)17-10(2)20-23(6)11(17)3/h15,18-19H,7-9H2,1-6H3/t15-,18-/m1/s1. The van der Waals surface area contributed by atoms with Crippen molar-refractivity contribution >= 4 is 5.91 Å². The summed E-state index contributed by atoms with van der Waals surface area (Å²) in [6.07, 6.45) is 1.32. The van der Waals surface area contributed by atoms with Crippen molar-refractivity contribution in [3.63, 3.8) is 0 Å². The van der Waals surface area contributed by atoms with Gasteiger partial charge >= 0.3 is 0 Å². The van der Waals surface area contributed by atoms with E-state index in [0.717, 1.165) is 40.4 Å². The van der Waals surface area contributed by atoms with Gasteiger partial charge in [-0.05, 0) is 27.2 Å². The van der Waals surface area contributed by atoms with Crippen molar-refractivity contribution in [3.05, 3.63) is 34.0 Å². The number of aryl methyl sites for hydroxylation is 4. The maximum absolute atomic E-state index is 12.4. The summed E-state index contributed by atoms with van der Waals surface area (Å²) in [5.74, 6) is 0.996. The third-order valence-electron chi connectivity index (χ3n) is 5.39. The summed E-state index contributed by atoms with van der Waals surface area (Å²) in [5.41, 5.74) is 5.31. The molecule has 25 heavy (non-hydrogen) atoms. The van der Waals surface area contributed by atoms with Crippen LogP contribution >= 0.6 is 0 Å². The molecule has 0 aliphatic carbocycles. The number of nitrogens with zero attached hydrogens (tertiary/aromatic N) is 4. The number of hydrogen-bond acceptors (Lipinski definition) is 5. The minimum Gasteiger partial charge on any atom is -0.361 e. The molecule has 0 aromatic carbocycles. The molecule has 3 rings (SSSR count). The lowest BCUT2D eigenvalue weighted by atomic mass is 9.98. The van der Waals surface area contributed by atoms with Crippen molar-refractivity contribution in [1.29, 1.82) is 0 Å². The van der Waals surface area contributed by atoms with E-state index in [0.29, 0.717) is 13.0 Å². The van der Waals surface area contributed by atoms with Crippen molar-refractivity contribution < 1.29 is 9.32 Å². The van der Waals surface area contributed by atoms with Gasteiger partial charge in [0.2, 0.25) is 5.91 Å². The van der Waals surface area contributed by atoms with Crippen molar-refractivity contribution in [3.8, 4) is 0 Å². The van der Waals surface area contributed by atoms with Crippen molar-refractivity contribution in [2.24, 2.45) is 7.05 Å². The number of amides is 1. The highest BCUT2D eigenvalue weighted by molar-refractivity contribution is 5.80. The van der Waals surface area contributed by atoms with Crippen LogP contribution in [0.5, 0.6) is 0 Å². The zero-order valence-corrected chi connectivity index (χ0v) is 15.9. The predicted octanol–water partition coefficient (Wildman–Crippen LogP) is 1.96. The van der Waals surface area contributed by atoms with E-state index in [2.05, 4.69) is 29.4 Å². The Balaban J connectivity index is 1.86. The number of rotatable bonds is 5. The first-order chi connectivity index (χ1) is 11.8. The first-order valence-electron chi connectivity index (χ1n) is 8.78. The number of aromatic nitrogens is 3. The van der Waals surface area contributed by atoms with E-state index in [9.17, 15) is 4.79 Å². The molecule has 1 fully saturated rings. The van der Waals surface area contributed by atoms with Crippen LogP contribution in [0, 0.1) is 20.8 Å². The normalized spacial score (nSPS) is 20.7. The number of nitrogens with one attached hydrogen (secondary N) is 1. The Kier molecular flexibility index (Phi) is 4.69. The summed E-state index contributed by atoms with van der Waals surface area (Å²) < 4.78 is 7.20. The van der Waals surface area contributed by atoms with Gasteiger partial charge in [0.05, 0.1) is 17.4 Å². The molecule has 1 aliphatic rings. The smallest absolute Gasteiger partial charge is 0.224 e. The highest BCUT2D eigenvalue weighted by Gasteiger charge is 2.40. The van der Waals surface area contributed by atoms with Gasteiger partial charge in [0, 0.05) is 49.9 Å². The Labute approximate surface area is 148 Å². The van der Waals surface area contributed by atoms with E-state index in [1.807, 2.05) is 37.5 Å². The van der Waals surface area contributed by atoms with E-state index in [1.165, 1.54) is 0 Å². The number of hydrogen-bond donors (Lipinski definition) is 1. The molecule has 0 bridgehead atoms. The fourth-order valence-corrected chi connectivity index (χ4v) is 3.84. The van der Waals surface area contributed by atoms with Gasteiger partial charge in [-0.2, -0.15) is 5.10 Å². The Hall–Kier alpha value is -2.15.